The standard InChI is InChI=1S/C26H43N7O5/c1-15(2)13-19(23(35)33-20(25(37)38)14-17-9-6-5-7-10-17)32-22(34)18(11-8-12-30-26(28)29)31-24(36)21(27)16(3)4/h5-7,9-10,15-16,18-21H,8,11-14,27H2,1-4H3,(H,31,36)(H,32,34)(H,33,35)(H,37,38)(H4,28,29,30). The summed E-state index contributed by atoms with van der Waals surface area (Å²) in [6.45, 7) is 7.57. The molecule has 3 amide bonds. The fourth-order valence-electron chi connectivity index (χ4n) is 3.64. The Morgan fingerprint density at radius 2 is 1.42 bits per heavy atom. The molecule has 1 aromatic carbocycles. The number of hydrogen-bond acceptors (Lipinski definition) is 6. The van der Waals surface area contributed by atoms with E-state index in [2.05, 4.69) is 20.9 Å². The lowest BCUT2D eigenvalue weighted by atomic mass is 10.00. The fourth-order valence-corrected chi connectivity index (χ4v) is 3.64. The summed E-state index contributed by atoms with van der Waals surface area (Å²) in [7, 11) is 0. The highest BCUT2D eigenvalue weighted by atomic mass is 16.4. The van der Waals surface area contributed by atoms with E-state index in [1.165, 1.54) is 0 Å². The number of carbonyl (C=O) groups excluding carboxylic acids is 3. The summed E-state index contributed by atoms with van der Waals surface area (Å²) < 4.78 is 0. The van der Waals surface area contributed by atoms with Gasteiger partial charge in [-0.1, -0.05) is 58.0 Å². The van der Waals surface area contributed by atoms with Gasteiger partial charge in [-0.05, 0) is 36.7 Å². The van der Waals surface area contributed by atoms with Crippen molar-refractivity contribution < 1.29 is 24.3 Å². The third-order valence-electron chi connectivity index (χ3n) is 5.84. The number of nitrogens with one attached hydrogen (secondary N) is 3. The molecule has 1 rings (SSSR count). The van der Waals surface area contributed by atoms with Crippen LogP contribution in [0.4, 0.5) is 0 Å². The molecule has 0 aliphatic carbocycles. The highest BCUT2D eigenvalue weighted by molar-refractivity contribution is 5.94. The minimum atomic E-state index is -1.19. The number of amides is 3. The van der Waals surface area contributed by atoms with Gasteiger partial charge < -0.3 is 38.3 Å². The predicted molar refractivity (Wildman–Crippen MR) is 146 cm³/mol. The van der Waals surface area contributed by atoms with Crippen LogP contribution in [-0.2, 0) is 25.6 Å². The lowest BCUT2D eigenvalue weighted by Crippen LogP contribution is -2.58. The second-order valence-corrected chi connectivity index (χ2v) is 10.1. The summed E-state index contributed by atoms with van der Waals surface area (Å²) in [5.74, 6) is -3.14. The number of nitrogens with zero attached hydrogens (tertiary/aromatic N) is 1. The largest absolute Gasteiger partial charge is 0.480 e. The van der Waals surface area contributed by atoms with E-state index >= 15 is 0 Å². The molecule has 1 aromatic rings. The molecule has 0 bridgehead atoms. The van der Waals surface area contributed by atoms with Crippen molar-refractivity contribution in [1.82, 2.24) is 16.0 Å². The maximum atomic E-state index is 13.3. The van der Waals surface area contributed by atoms with E-state index in [4.69, 9.17) is 17.2 Å². The molecule has 0 saturated heterocycles. The summed E-state index contributed by atoms with van der Waals surface area (Å²) in [6, 6.07) is 4.89. The minimum absolute atomic E-state index is 0.00715. The molecule has 12 heteroatoms. The predicted octanol–water partition coefficient (Wildman–Crippen LogP) is -0.149. The van der Waals surface area contributed by atoms with E-state index in [0.717, 1.165) is 5.56 Å². The summed E-state index contributed by atoms with van der Waals surface area (Å²) in [4.78, 5) is 54.8. The van der Waals surface area contributed by atoms with E-state index in [0.29, 0.717) is 6.42 Å². The quantitative estimate of drug-likeness (QED) is 0.0859. The van der Waals surface area contributed by atoms with Crippen molar-refractivity contribution in [1.29, 1.82) is 0 Å². The zero-order valence-electron chi connectivity index (χ0n) is 22.6. The smallest absolute Gasteiger partial charge is 0.326 e. The lowest BCUT2D eigenvalue weighted by Gasteiger charge is -2.26. The average molecular weight is 534 g/mol. The number of aliphatic imine (C=N–C) groups is 1. The average Bonchev–Trinajstić information content (AvgIpc) is 2.84. The number of carboxylic acid groups (broad SMARTS) is 1. The molecule has 0 heterocycles. The lowest BCUT2D eigenvalue weighted by molar-refractivity contribution is -0.142. The molecule has 0 aliphatic heterocycles. The molecular weight excluding hydrogens is 490 g/mol. The highest BCUT2D eigenvalue weighted by Gasteiger charge is 2.31. The zero-order chi connectivity index (χ0) is 28.8. The fraction of sp³-hybridized carbons (Fsp3) is 0.577. The number of hydrogen-bond donors (Lipinski definition) is 7. The van der Waals surface area contributed by atoms with Crippen molar-refractivity contribution in [2.24, 2.45) is 34.0 Å². The first-order chi connectivity index (χ1) is 17.8. The highest BCUT2D eigenvalue weighted by Crippen LogP contribution is 2.10. The van der Waals surface area contributed by atoms with Crippen LogP contribution in [0.5, 0.6) is 0 Å². The van der Waals surface area contributed by atoms with Gasteiger partial charge in [-0.25, -0.2) is 4.79 Å². The minimum Gasteiger partial charge on any atom is -0.480 e. The first-order valence-electron chi connectivity index (χ1n) is 12.8. The molecule has 0 saturated carbocycles. The molecule has 0 radical (unpaired) electrons. The summed E-state index contributed by atoms with van der Waals surface area (Å²) in [5, 5.41) is 17.6. The normalized spacial score (nSPS) is 14.2. The number of aliphatic carboxylic acids is 1. The molecule has 38 heavy (non-hydrogen) atoms. The van der Waals surface area contributed by atoms with Crippen molar-refractivity contribution in [3.8, 4) is 0 Å². The van der Waals surface area contributed by atoms with E-state index in [9.17, 15) is 24.3 Å². The van der Waals surface area contributed by atoms with Crippen LogP contribution in [0.2, 0.25) is 0 Å². The topological polar surface area (TPSA) is 215 Å². The van der Waals surface area contributed by atoms with Crippen LogP contribution < -0.4 is 33.2 Å². The summed E-state index contributed by atoms with van der Waals surface area (Å²) in [5.41, 5.74) is 17.4. The van der Waals surface area contributed by atoms with Gasteiger partial charge in [-0.2, -0.15) is 0 Å². The second-order valence-electron chi connectivity index (χ2n) is 10.1. The van der Waals surface area contributed by atoms with Crippen LogP contribution in [-0.4, -0.2) is 65.5 Å². The molecule has 0 spiro atoms. The van der Waals surface area contributed by atoms with Crippen molar-refractivity contribution >= 4 is 29.7 Å². The van der Waals surface area contributed by atoms with Crippen LogP contribution in [0.3, 0.4) is 0 Å². The number of benzene rings is 1. The van der Waals surface area contributed by atoms with Crippen LogP contribution in [0.25, 0.3) is 0 Å². The van der Waals surface area contributed by atoms with Crippen molar-refractivity contribution in [3.63, 3.8) is 0 Å². The molecule has 4 atom stereocenters. The molecule has 12 nitrogen and oxygen atoms in total. The molecule has 0 aliphatic rings. The van der Waals surface area contributed by atoms with Gasteiger partial charge in [0.2, 0.25) is 17.7 Å². The van der Waals surface area contributed by atoms with Crippen molar-refractivity contribution in [3.05, 3.63) is 35.9 Å². The first kappa shape index (κ1) is 32.4. The Bertz CT molecular complexity index is 949. The Kier molecular flexibility index (Phi) is 13.8. The van der Waals surface area contributed by atoms with Crippen molar-refractivity contribution in [2.75, 3.05) is 6.54 Å². The maximum absolute atomic E-state index is 13.3. The van der Waals surface area contributed by atoms with Gasteiger partial charge >= 0.3 is 5.97 Å². The third-order valence-corrected chi connectivity index (χ3v) is 5.84. The zero-order valence-corrected chi connectivity index (χ0v) is 22.6. The van der Waals surface area contributed by atoms with Gasteiger partial charge in [0.05, 0.1) is 6.04 Å². The molecular formula is C26H43N7O5. The molecule has 0 fully saturated rings. The van der Waals surface area contributed by atoms with Gasteiger partial charge in [-0.15, -0.1) is 0 Å². The number of rotatable bonds is 16. The van der Waals surface area contributed by atoms with Gasteiger partial charge in [0.15, 0.2) is 5.96 Å². The van der Waals surface area contributed by atoms with Gasteiger partial charge in [-0.3, -0.25) is 19.4 Å². The Labute approximate surface area is 224 Å². The van der Waals surface area contributed by atoms with Crippen LogP contribution >= 0.6 is 0 Å². The molecule has 10 N–H and O–H groups in total. The van der Waals surface area contributed by atoms with E-state index in [1.807, 2.05) is 19.9 Å². The maximum Gasteiger partial charge on any atom is 0.326 e. The van der Waals surface area contributed by atoms with Crippen LogP contribution in [0, 0.1) is 11.8 Å². The van der Waals surface area contributed by atoms with E-state index in [1.54, 1.807) is 38.1 Å². The van der Waals surface area contributed by atoms with Gasteiger partial charge in [0.1, 0.15) is 18.1 Å². The summed E-state index contributed by atoms with van der Waals surface area (Å²) in [6.07, 6.45) is 0.920. The Morgan fingerprint density at radius 1 is 0.868 bits per heavy atom. The van der Waals surface area contributed by atoms with E-state index < -0.39 is 47.9 Å². The van der Waals surface area contributed by atoms with E-state index in [-0.39, 0.29) is 43.6 Å². The Balaban J connectivity index is 3.04. The number of nitrogens with two attached hydrogens (primary N) is 3. The van der Waals surface area contributed by atoms with Crippen molar-refractivity contribution in [2.45, 2.75) is 77.5 Å². The van der Waals surface area contributed by atoms with Crippen LogP contribution in [0.15, 0.2) is 35.3 Å². The molecule has 212 valence electrons. The summed E-state index contributed by atoms with van der Waals surface area (Å²) >= 11 is 0. The first-order valence-corrected chi connectivity index (χ1v) is 12.8. The Morgan fingerprint density at radius 3 is 1.95 bits per heavy atom. The third kappa shape index (κ3) is 12.0. The number of guanidine groups is 1. The SMILES string of the molecule is CC(C)CC(NC(=O)C(CCCN=C(N)N)NC(=O)C(N)C(C)C)C(=O)NC(Cc1ccccc1)C(=O)O. The van der Waals surface area contributed by atoms with Gasteiger partial charge in [0.25, 0.3) is 0 Å². The monoisotopic (exact) mass is 533 g/mol. The van der Waals surface area contributed by atoms with Gasteiger partial charge in [0, 0.05) is 13.0 Å². The molecule has 0 aromatic heterocycles. The number of carboxylic acids is 1. The Hall–Kier alpha value is -3.67. The second kappa shape index (κ2) is 16.2. The van der Waals surface area contributed by atoms with Crippen LogP contribution in [0.1, 0.15) is 52.5 Å². The number of carbonyl (C=O) groups is 4. The molecule has 4 unspecified atom stereocenters.